The van der Waals surface area contributed by atoms with E-state index in [9.17, 15) is 0 Å². The van der Waals surface area contributed by atoms with Gasteiger partial charge in [0.2, 0.25) is 0 Å². The van der Waals surface area contributed by atoms with Gasteiger partial charge in [-0.2, -0.15) is 5.10 Å². The largest absolute Gasteiger partial charge is 0.264 e. The maximum atomic E-state index is 4.81. The number of aromatic amines is 1. The maximum Gasteiger partial charge on any atom is 0.180 e. The van der Waals surface area contributed by atoms with Crippen LogP contribution in [0.5, 0.6) is 0 Å². The fourth-order valence-electron chi connectivity index (χ4n) is 3.58. The van der Waals surface area contributed by atoms with Gasteiger partial charge in [-0.05, 0) is 40.5 Å². The molecule has 1 N–H and O–H groups in total. The highest BCUT2D eigenvalue weighted by Crippen LogP contribution is 2.29. The Labute approximate surface area is 182 Å². The average molecular weight is 417 g/mol. The molecule has 0 radical (unpaired) electrons. The Morgan fingerprint density at radius 3 is 2.48 bits per heavy atom. The van der Waals surface area contributed by atoms with E-state index < -0.39 is 0 Å². The number of aromatic nitrogens is 8. The van der Waals surface area contributed by atoms with Gasteiger partial charge >= 0.3 is 0 Å². The average Bonchev–Trinajstić information content (AvgIpc) is 3.47. The van der Waals surface area contributed by atoms with Crippen LogP contribution in [0.1, 0.15) is 56.7 Å². The third-order valence-corrected chi connectivity index (χ3v) is 5.32. The van der Waals surface area contributed by atoms with Crippen molar-refractivity contribution in [2.45, 2.75) is 58.9 Å². The molecule has 0 saturated carbocycles. The predicted octanol–water partition coefficient (Wildman–Crippen LogP) is 4.25. The highest BCUT2D eigenvalue weighted by atomic mass is 15.5. The summed E-state index contributed by atoms with van der Waals surface area (Å²) >= 11 is 0. The van der Waals surface area contributed by atoms with Crippen LogP contribution in [0.15, 0.2) is 42.7 Å². The van der Waals surface area contributed by atoms with Crippen molar-refractivity contribution < 1.29 is 0 Å². The van der Waals surface area contributed by atoms with E-state index in [-0.39, 0.29) is 0 Å². The summed E-state index contributed by atoms with van der Waals surface area (Å²) in [5, 5.41) is 19.0. The number of nitrogens with zero attached hydrogens (tertiary/aromatic N) is 7. The highest BCUT2D eigenvalue weighted by molar-refractivity contribution is 5.79. The predicted molar refractivity (Wildman–Crippen MR) is 119 cm³/mol. The summed E-state index contributed by atoms with van der Waals surface area (Å²) in [4.78, 5) is 9.09. The molecule has 1 aromatic carbocycles. The van der Waals surface area contributed by atoms with E-state index in [0.717, 1.165) is 73.4 Å². The molecular weight excluding hydrogens is 388 g/mol. The van der Waals surface area contributed by atoms with Crippen molar-refractivity contribution >= 4 is 0 Å². The van der Waals surface area contributed by atoms with Gasteiger partial charge in [-0.25, -0.2) is 14.8 Å². The van der Waals surface area contributed by atoms with Gasteiger partial charge in [0.25, 0.3) is 0 Å². The number of H-pyrrole nitrogens is 1. The van der Waals surface area contributed by atoms with Crippen molar-refractivity contribution in [3.05, 3.63) is 59.9 Å². The van der Waals surface area contributed by atoms with Crippen LogP contribution < -0.4 is 0 Å². The zero-order valence-corrected chi connectivity index (χ0v) is 18.1. The molecule has 0 spiro atoms. The topological polar surface area (TPSA) is 98.1 Å². The maximum absolute atomic E-state index is 4.81. The van der Waals surface area contributed by atoms with Crippen LogP contribution in [0.4, 0.5) is 0 Å². The van der Waals surface area contributed by atoms with Crippen LogP contribution in [0.2, 0.25) is 0 Å². The molecule has 31 heavy (non-hydrogen) atoms. The highest BCUT2D eigenvalue weighted by Gasteiger charge is 2.12. The normalized spacial score (nSPS) is 11.2. The van der Waals surface area contributed by atoms with Gasteiger partial charge in [0.1, 0.15) is 5.82 Å². The molecule has 0 unspecified atom stereocenters. The number of rotatable bonds is 10. The second-order valence-corrected chi connectivity index (χ2v) is 7.68. The Hall–Kier alpha value is -3.42. The first-order valence-corrected chi connectivity index (χ1v) is 11.0. The molecule has 0 aliphatic rings. The first-order chi connectivity index (χ1) is 15.3. The van der Waals surface area contributed by atoms with Gasteiger partial charge in [-0.15, -0.1) is 5.10 Å². The summed E-state index contributed by atoms with van der Waals surface area (Å²) in [6.07, 6.45) is 10.1. The summed E-state index contributed by atoms with van der Waals surface area (Å²) < 4.78 is 2.07. The molecule has 0 amide bonds. The van der Waals surface area contributed by atoms with E-state index in [1.807, 2.05) is 12.3 Å². The van der Waals surface area contributed by atoms with Crippen LogP contribution in [-0.4, -0.2) is 40.4 Å². The first-order valence-electron chi connectivity index (χ1n) is 11.0. The van der Waals surface area contributed by atoms with Crippen LogP contribution in [0.3, 0.4) is 0 Å². The molecule has 4 aromatic rings. The van der Waals surface area contributed by atoms with Crippen LogP contribution in [-0.2, 0) is 19.4 Å². The lowest BCUT2D eigenvalue weighted by molar-refractivity contribution is 0.612. The summed E-state index contributed by atoms with van der Waals surface area (Å²) in [6, 6.07) is 10.4. The third-order valence-electron chi connectivity index (χ3n) is 5.32. The fourth-order valence-corrected chi connectivity index (χ4v) is 3.58. The number of unbranched alkanes of at least 4 members (excludes halogenated alkanes) is 2. The molecule has 0 bridgehead atoms. The Bertz CT molecular complexity index is 1080. The molecule has 0 atom stereocenters. The molecule has 0 saturated heterocycles. The minimum atomic E-state index is 0.629. The van der Waals surface area contributed by atoms with Gasteiger partial charge in [-0.3, -0.25) is 4.98 Å². The number of nitrogens with one attached hydrogen (secondary N) is 1. The summed E-state index contributed by atoms with van der Waals surface area (Å²) in [5.74, 6) is 2.68. The molecule has 8 heteroatoms. The van der Waals surface area contributed by atoms with Crippen molar-refractivity contribution in [2.75, 3.05) is 0 Å². The fraction of sp³-hybridized carbons (Fsp3) is 0.391. The number of hydrogen-bond acceptors (Lipinski definition) is 6. The number of pyridine rings is 1. The second kappa shape index (κ2) is 10.1. The van der Waals surface area contributed by atoms with Crippen molar-refractivity contribution in [3.63, 3.8) is 0 Å². The minimum absolute atomic E-state index is 0.629. The Morgan fingerprint density at radius 2 is 1.74 bits per heavy atom. The lowest BCUT2D eigenvalue weighted by atomic mass is 10.0. The summed E-state index contributed by atoms with van der Waals surface area (Å²) in [7, 11) is 0. The lowest BCUT2D eigenvalue weighted by Crippen LogP contribution is -2.07. The SMILES string of the molecule is CCCCc1nc(CCCC)n(Cc2ccc(-c3cnccc3-c3nnn[nH]3)cc2)n1. The van der Waals surface area contributed by atoms with Gasteiger partial charge < -0.3 is 0 Å². The Morgan fingerprint density at radius 1 is 0.935 bits per heavy atom. The van der Waals surface area contributed by atoms with Gasteiger partial charge in [-0.1, -0.05) is 51.0 Å². The molecule has 0 fully saturated rings. The molecule has 0 aliphatic heterocycles. The molecule has 3 heterocycles. The monoisotopic (exact) mass is 416 g/mol. The van der Waals surface area contributed by atoms with Crippen molar-refractivity contribution in [2.24, 2.45) is 0 Å². The first kappa shape index (κ1) is 20.8. The molecule has 0 aliphatic carbocycles. The van der Waals surface area contributed by atoms with E-state index in [1.165, 1.54) is 5.56 Å². The van der Waals surface area contributed by atoms with Crippen molar-refractivity contribution in [3.8, 4) is 22.5 Å². The molecule has 160 valence electrons. The molecule has 3 aromatic heterocycles. The molecule has 8 nitrogen and oxygen atoms in total. The molecular formula is C23H28N8. The number of benzene rings is 1. The van der Waals surface area contributed by atoms with E-state index in [2.05, 4.69) is 68.4 Å². The number of tetrazole rings is 1. The van der Waals surface area contributed by atoms with E-state index >= 15 is 0 Å². The lowest BCUT2D eigenvalue weighted by Gasteiger charge is -2.09. The van der Waals surface area contributed by atoms with Crippen LogP contribution in [0.25, 0.3) is 22.5 Å². The summed E-state index contributed by atoms with van der Waals surface area (Å²) in [5.41, 5.74) is 4.17. The Kier molecular flexibility index (Phi) is 6.76. The number of aryl methyl sites for hydroxylation is 2. The minimum Gasteiger partial charge on any atom is -0.264 e. The summed E-state index contributed by atoms with van der Waals surface area (Å²) in [6.45, 7) is 5.13. The smallest absolute Gasteiger partial charge is 0.180 e. The van der Waals surface area contributed by atoms with Gasteiger partial charge in [0.15, 0.2) is 11.6 Å². The quantitative estimate of drug-likeness (QED) is 0.415. The van der Waals surface area contributed by atoms with E-state index in [4.69, 9.17) is 10.1 Å². The van der Waals surface area contributed by atoms with Gasteiger partial charge in [0, 0.05) is 36.4 Å². The van der Waals surface area contributed by atoms with E-state index in [1.54, 1.807) is 6.20 Å². The zero-order valence-electron chi connectivity index (χ0n) is 18.1. The van der Waals surface area contributed by atoms with E-state index in [0.29, 0.717) is 5.82 Å². The zero-order chi connectivity index (χ0) is 21.5. The Balaban J connectivity index is 1.55. The van der Waals surface area contributed by atoms with Crippen molar-refractivity contribution in [1.29, 1.82) is 0 Å². The van der Waals surface area contributed by atoms with Crippen LogP contribution >= 0.6 is 0 Å². The second-order valence-electron chi connectivity index (χ2n) is 7.68. The standard InChI is InChI=1S/C23H28N8/c1-3-5-7-21-25-22(8-6-4-2)31(28-21)16-17-9-11-18(12-10-17)20-15-24-14-13-19(20)23-26-29-30-27-23/h9-15H,3-8,16H2,1-2H3,(H,26,27,29,30). The third kappa shape index (κ3) is 5.02. The number of hydrogen-bond donors (Lipinski definition) is 1. The van der Waals surface area contributed by atoms with Crippen LogP contribution in [0, 0.1) is 0 Å². The van der Waals surface area contributed by atoms with Gasteiger partial charge in [0.05, 0.1) is 6.54 Å². The van der Waals surface area contributed by atoms with Crippen molar-refractivity contribution in [1.82, 2.24) is 40.4 Å². The molecule has 4 rings (SSSR count).